The quantitative estimate of drug-likeness (QED) is 0.646. The molecule has 2 rings (SSSR count). The second-order valence-electron chi connectivity index (χ2n) is 4.55. The number of rotatable bonds is 3. The summed E-state index contributed by atoms with van der Waals surface area (Å²) in [6.07, 6.45) is 5.39. The number of carbonyl (C=O) groups excluding carboxylic acids is 1. The van der Waals surface area contributed by atoms with Crippen LogP contribution in [0.3, 0.4) is 0 Å². The van der Waals surface area contributed by atoms with E-state index in [2.05, 4.69) is 0 Å². The van der Waals surface area contributed by atoms with E-state index in [1.807, 2.05) is 0 Å². The highest BCUT2D eigenvalue weighted by molar-refractivity contribution is 5.74. The summed E-state index contributed by atoms with van der Waals surface area (Å²) < 4.78 is 5.78. The molecule has 0 aromatic heterocycles. The summed E-state index contributed by atoms with van der Waals surface area (Å²) in [6, 6.07) is 7.01. The molecule has 1 aliphatic rings. The van der Waals surface area contributed by atoms with Gasteiger partial charge in [0.05, 0.1) is 6.10 Å². The number of aliphatic hydroxyl groups is 1. The zero-order valence-corrected chi connectivity index (χ0v) is 9.84. The van der Waals surface area contributed by atoms with Gasteiger partial charge in [-0.2, -0.15) is 0 Å². The van der Waals surface area contributed by atoms with Crippen LogP contribution in [0, 0.1) is 0 Å². The van der Waals surface area contributed by atoms with Gasteiger partial charge in [0.15, 0.2) is 0 Å². The first kappa shape index (κ1) is 12.1. The predicted molar refractivity (Wildman–Crippen MR) is 65.3 cm³/mol. The van der Waals surface area contributed by atoms with E-state index in [0.717, 1.165) is 37.7 Å². The molecule has 0 heterocycles. The normalized spacial score (nSPS) is 25.0. The van der Waals surface area contributed by atoms with Gasteiger partial charge in [-0.05, 0) is 43.5 Å². The molecule has 3 nitrogen and oxygen atoms in total. The molecule has 17 heavy (non-hydrogen) atoms. The van der Waals surface area contributed by atoms with Gasteiger partial charge < -0.3 is 9.84 Å². The van der Waals surface area contributed by atoms with E-state index in [-0.39, 0.29) is 12.2 Å². The maximum Gasteiger partial charge on any atom is 0.150 e. The molecule has 1 aromatic carbocycles. The van der Waals surface area contributed by atoms with Crippen molar-refractivity contribution < 1.29 is 14.6 Å². The van der Waals surface area contributed by atoms with Crippen LogP contribution in [0.1, 0.15) is 42.5 Å². The Labute approximate surface area is 101 Å². The average Bonchev–Trinajstić information content (AvgIpc) is 2.56. The molecule has 0 bridgehead atoms. The zero-order chi connectivity index (χ0) is 12.1. The van der Waals surface area contributed by atoms with Crippen molar-refractivity contribution in [2.75, 3.05) is 0 Å². The van der Waals surface area contributed by atoms with Crippen molar-refractivity contribution in [2.24, 2.45) is 0 Å². The highest BCUT2D eigenvalue weighted by atomic mass is 16.5. The lowest BCUT2D eigenvalue weighted by Crippen LogP contribution is -2.30. The minimum Gasteiger partial charge on any atom is -0.488 e. The molecule has 3 heteroatoms. The third-order valence-corrected chi connectivity index (χ3v) is 3.22. The number of benzene rings is 1. The highest BCUT2D eigenvalue weighted by Gasteiger charge is 2.23. The summed E-state index contributed by atoms with van der Waals surface area (Å²) in [6.45, 7) is 0. The van der Waals surface area contributed by atoms with Crippen LogP contribution in [0.15, 0.2) is 24.3 Å². The van der Waals surface area contributed by atoms with Crippen molar-refractivity contribution in [3.05, 3.63) is 29.8 Å². The van der Waals surface area contributed by atoms with E-state index in [1.165, 1.54) is 6.42 Å². The molecule has 1 N–H and O–H groups in total. The van der Waals surface area contributed by atoms with Crippen LogP contribution in [0.4, 0.5) is 0 Å². The molecule has 0 amide bonds. The van der Waals surface area contributed by atoms with Crippen LogP contribution in [-0.4, -0.2) is 23.6 Å². The van der Waals surface area contributed by atoms with E-state index in [0.29, 0.717) is 5.56 Å². The molecular weight excluding hydrogens is 216 g/mol. The van der Waals surface area contributed by atoms with Gasteiger partial charge in [0.2, 0.25) is 0 Å². The number of carbonyl (C=O) groups is 1. The van der Waals surface area contributed by atoms with Crippen molar-refractivity contribution in [3.8, 4) is 5.75 Å². The van der Waals surface area contributed by atoms with Gasteiger partial charge in [0.1, 0.15) is 18.1 Å². The third kappa shape index (κ3) is 3.30. The number of aliphatic hydroxyl groups excluding tert-OH is 1. The number of aldehydes is 1. The van der Waals surface area contributed by atoms with Crippen LogP contribution in [0.5, 0.6) is 5.75 Å². The molecule has 0 radical (unpaired) electrons. The molecule has 92 valence electrons. The summed E-state index contributed by atoms with van der Waals surface area (Å²) >= 11 is 0. The molecule has 0 spiro atoms. The SMILES string of the molecule is O=Cc1ccc(OC2CCCCCC2O)cc1. The first-order valence-corrected chi connectivity index (χ1v) is 6.19. The number of hydrogen-bond acceptors (Lipinski definition) is 3. The lowest BCUT2D eigenvalue weighted by Gasteiger charge is -2.22. The fourth-order valence-corrected chi connectivity index (χ4v) is 2.19. The van der Waals surface area contributed by atoms with Crippen molar-refractivity contribution in [3.63, 3.8) is 0 Å². The van der Waals surface area contributed by atoms with Crippen LogP contribution >= 0.6 is 0 Å². The summed E-state index contributed by atoms with van der Waals surface area (Å²) in [5.41, 5.74) is 0.638. The molecule has 1 fully saturated rings. The van der Waals surface area contributed by atoms with Crippen molar-refractivity contribution in [2.45, 2.75) is 44.3 Å². The fourth-order valence-electron chi connectivity index (χ4n) is 2.19. The van der Waals surface area contributed by atoms with Crippen molar-refractivity contribution >= 4 is 6.29 Å². The Kier molecular flexibility index (Phi) is 4.15. The smallest absolute Gasteiger partial charge is 0.150 e. The maximum absolute atomic E-state index is 10.5. The third-order valence-electron chi connectivity index (χ3n) is 3.22. The van der Waals surface area contributed by atoms with E-state index >= 15 is 0 Å². The molecule has 2 unspecified atom stereocenters. The Morgan fingerprint density at radius 3 is 2.53 bits per heavy atom. The Balaban J connectivity index is 2.00. The molecular formula is C14H18O3. The topological polar surface area (TPSA) is 46.5 Å². The van der Waals surface area contributed by atoms with Gasteiger partial charge in [-0.3, -0.25) is 4.79 Å². The largest absolute Gasteiger partial charge is 0.488 e. The molecule has 0 saturated heterocycles. The van der Waals surface area contributed by atoms with E-state index in [1.54, 1.807) is 24.3 Å². The summed E-state index contributed by atoms with van der Waals surface area (Å²) in [4.78, 5) is 10.5. The summed E-state index contributed by atoms with van der Waals surface area (Å²) in [5.74, 6) is 0.724. The summed E-state index contributed by atoms with van der Waals surface area (Å²) in [7, 11) is 0. The van der Waals surface area contributed by atoms with Gasteiger partial charge in [-0.25, -0.2) is 0 Å². The van der Waals surface area contributed by atoms with Gasteiger partial charge in [-0.1, -0.05) is 12.8 Å². The summed E-state index contributed by atoms with van der Waals surface area (Å²) in [5, 5.41) is 9.93. The zero-order valence-electron chi connectivity index (χ0n) is 9.84. The van der Waals surface area contributed by atoms with Crippen LogP contribution in [0.2, 0.25) is 0 Å². The molecule has 1 aliphatic carbocycles. The fraction of sp³-hybridized carbons (Fsp3) is 0.500. The van der Waals surface area contributed by atoms with Crippen molar-refractivity contribution in [1.29, 1.82) is 0 Å². The maximum atomic E-state index is 10.5. The van der Waals surface area contributed by atoms with Crippen LogP contribution < -0.4 is 4.74 Å². The number of ether oxygens (including phenoxy) is 1. The minimum absolute atomic E-state index is 0.111. The first-order chi connectivity index (χ1) is 8.29. The monoisotopic (exact) mass is 234 g/mol. The average molecular weight is 234 g/mol. The number of hydrogen-bond donors (Lipinski definition) is 1. The Bertz CT molecular complexity index is 358. The molecule has 0 aliphatic heterocycles. The van der Waals surface area contributed by atoms with Gasteiger partial charge >= 0.3 is 0 Å². The lowest BCUT2D eigenvalue weighted by atomic mass is 10.1. The molecule has 1 saturated carbocycles. The Hall–Kier alpha value is -1.35. The molecule has 1 aromatic rings. The minimum atomic E-state index is -0.372. The first-order valence-electron chi connectivity index (χ1n) is 6.19. The second kappa shape index (κ2) is 5.82. The van der Waals surface area contributed by atoms with Crippen molar-refractivity contribution in [1.82, 2.24) is 0 Å². The standard InChI is InChI=1S/C14H18O3/c15-10-11-6-8-12(9-7-11)17-14-5-3-1-2-4-13(14)16/h6-10,13-14,16H,1-5H2. The molecule has 2 atom stereocenters. The van der Waals surface area contributed by atoms with E-state index in [9.17, 15) is 9.90 Å². The van der Waals surface area contributed by atoms with Crippen LogP contribution in [0.25, 0.3) is 0 Å². The predicted octanol–water partition coefficient (Wildman–Crippen LogP) is 2.57. The van der Waals surface area contributed by atoms with Crippen LogP contribution in [-0.2, 0) is 0 Å². The van der Waals surface area contributed by atoms with Gasteiger partial charge in [0, 0.05) is 5.56 Å². The Morgan fingerprint density at radius 2 is 1.82 bits per heavy atom. The lowest BCUT2D eigenvalue weighted by molar-refractivity contribution is 0.0320. The second-order valence-corrected chi connectivity index (χ2v) is 4.55. The van der Waals surface area contributed by atoms with E-state index < -0.39 is 0 Å². The van der Waals surface area contributed by atoms with E-state index in [4.69, 9.17) is 4.74 Å². The van der Waals surface area contributed by atoms with Gasteiger partial charge in [-0.15, -0.1) is 0 Å². The van der Waals surface area contributed by atoms with Gasteiger partial charge in [0.25, 0.3) is 0 Å². The Morgan fingerprint density at radius 1 is 1.12 bits per heavy atom. The highest BCUT2D eigenvalue weighted by Crippen LogP contribution is 2.23.